The molecule has 0 spiro atoms. The zero-order chi connectivity index (χ0) is 11.8. The summed E-state index contributed by atoms with van der Waals surface area (Å²) in [5.41, 5.74) is 1.18. The van der Waals surface area contributed by atoms with E-state index in [0.29, 0.717) is 11.2 Å². The lowest BCUT2D eigenvalue weighted by atomic mass is 10.2. The molecule has 3 heterocycles. The second-order valence-corrected chi connectivity index (χ2v) is 3.35. The number of carbonyl (C=O) groups is 1. The zero-order valence-electron chi connectivity index (χ0n) is 8.44. The molecule has 0 unspecified atom stereocenters. The Kier molecular flexibility index (Phi) is 1.91. The van der Waals surface area contributed by atoms with Crippen molar-refractivity contribution in [2.45, 2.75) is 0 Å². The Balaban J connectivity index is 2.19. The van der Waals surface area contributed by atoms with Gasteiger partial charge in [-0.3, -0.25) is 0 Å². The maximum absolute atomic E-state index is 10.9. The third kappa shape index (κ3) is 1.44. The van der Waals surface area contributed by atoms with E-state index in [1.54, 1.807) is 18.5 Å². The van der Waals surface area contributed by atoms with Crippen LogP contribution < -0.4 is 0 Å². The van der Waals surface area contributed by atoms with Gasteiger partial charge in [-0.1, -0.05) is 5.16 Å². The van der Waals surface area contributed by atoms with Gasteiger partial charge in [-0.2, -0.15) is 5.10 Å². The van der Waals surface area contributed by atoms with Gasteiger partial charge >= 0.3 is 5.97 Å². The van der Waals surface area contributed by atoms with Crippen molar-refractivity contribution >= 4 is 11.6 Å². The van der Waals surface area contributed by atoms with E-state index >= 15 is 0 Å². The number of hydrogen-bond donors (Lipinski definition) is 1. The minimum Gasteiger partial charge on any atom is -0.477 e. The van der Waals surface area contributed by atoms with E-state index in [1.165, 1.54) is 10.7 Å². The second-order valence-electron chi connectivity index (χ2n) is 3.35. The molecule has 0 aliphatic rings. The molecule has 0 saturated carbocycles. The van der Waals surface area contributed by atoms with E-state index in [0.717, 1.165) is 6.20 Å². The molecule has 7 nitrogen and oxygen atoms in total. The lowest BCUT2D eigenvalue weighted by molar-refractivity contribution is 0.0697. The Morgan fingerprint density at radius 3 is 3.12 bits per heavy atom. The fourth-order valence-corrected chi connectivity index (χ4v) is 1.53. The van der Waals surface area contributed by atoms with Crippen molar-refractivity contribution < 1.29 is 14.4 Å². The normalized spacial score (nSPS) is 10.8. The highest BCUT2D eigenvalue weighted by atomic mass is 16.5. The Hall–Kier alpha value is -2.70. The fraction of sp³-hybridized carbons (Fsp3) is 0. The van der Waals surface area contributed by atoms with E-state index in [-0.39, 0.29) is 11.3 Å². The first-order chi connectivity index (χ1) is 8.25. The Labute approximate surface area is 94.3 Å². The first kappa shape index (κ1) is 9.52. The van der Waals surface area contributed by atoms with Crippen LogP contribution in [0.2, 0.25) is 0 Å². The van der Waals surface area contributed by atoms with Crippen molar-refractivity contribution in [2.75, 3.05) is 0 Å². The molecule has 0 amide bonds. The van der Waals surface area contributed by atoms with E-state index < -0.39 is 5.97 Å². The van der Waals surface area contributed by atoms with Crippen molar-refractivity contribution in [3.05, 3.63) is 36.4 Å². The molecule has 0 radical (unpaired) electrons. The van der Waals surface area contributed by atoms with Crippen LogP contribution in [0.1, 0.15) is 10.4 Å². The van der Waals surface area contributed by atoms with E-state index in [2.05, 4.69) is 15.2 Å². The predicted octanol–water partition coefficient (Wildman–Crippen LogP) is 1.08. The minimum atomic E-state index is -1.10. The molecule has 3 rings (SSSR count). The molecule has 1 N–H and O–H groups in total. The molecule has 7 heteroatoms. The average Bonchev–Trinajstić information content (AvgIpc) is 2.96. The number of nitrogens with zero attached hydrogens (tertiary/aromatic N) is 4. The summed E-state index contributed by atoms with van der Waals surface area (Å²) in [7, 11) is 0. The summed E-state index contributed by atoms with van der Waals surface area (Å²) in [6.07, 6.45) is 5.91. The summed E-state index contributed by atoms with van der Waals surface area (Å²) < 4.78 is 6.46. The van der Waals surface area contributed by atoms with E-state index in [9.17, 15) is 4.79 Å². The maximum Gasteiger partial charge on any atom is 0.341 e. The molecule has 0 atom stereocenters. The van der Waals surface area contributed by atoms with Crippen LogP contribution in [0.25, 0.3) is 17.0 Å². The van der Waals surface area contributed by atoms with Gasteiger partial charge in [0.05, 0.1) is 18.0 Å². The number of rotatable bonds is 2. The summed E-state index contributed by atoms with van der Waals surface area (Å²) in [6, 6.07) is 1.74. The zero-order valence-corrected chi connectivity index (χ0v) is 8.44. The van der Waals surface area contributed by atoms with Gasteiger partial charge in [-0.05, 0) is 0 Å². The van der Waals surface area contributed by atoms with E-state index in [4.69, 9.17) is 9.63 Å². The summed E-state index contributed by atoms with van der Waals surface area (Å²) in [5.74, 6) is -0.927. The molecule has 3 aromatic rings. The summed E-state index contributed by atoms with van der Waals surface area (Å²) in [4.78, 5) is 15.0. The van der Waals surface area contributed by atoms with Gasteiger partial charge in [0, 0.05) is 18.5 Å². The molecule has 0 bridgehead atoms. The number of carboxylic acids is 1. The monoisotopic (exact) mass is 230 g/mol. The topological polar surface area (TPSA) is 93.5 Å². The third-order valence-electron chi connectivity index (χ3n) is 2.31. The van der Waals surface area contributed by atoms with Crippen molar-refractivity contribution in [3.63, 3.8) is 0 Å². The first-order valence-electron chi connectivity index (χ1n) is 4.73. The van der Waals surface area contributed by atoms with Gasteiger partial charge in [0.25, 0.3) is 0 Å². The van der Waals surface area contributed by atoms with Gasteiger partial charge in [0.15, 0.2) is 11.4 Å². The molecular weight excluding hydrogens is 224 g/mol. The van der Waals surface area contributed by atoms with Crippen molar-refractivity contribution in [1.29, 1.82) is 0 Å². The third-order valence-corrected chi connectivity index (χ3v) is 2.31. The Morgan fingerprint density at radius 2 is 2.29 bits per heavy atom. The number of fused-ring (bicyclic) bond motifs is 1. The largest absolute Gasteiger partial charge is 0.477 e. The highest BCUT2D eigenvalue weighted by Crippen LogP contribution is 2.22. The van der Waals surface area contributed by atoms with Crippen LogP contribution >= 0.6 is 0 Å². The smallest absolute Gasteiger partial charge is 0.341 e. The summed E-state index contributed by atoms with van der Waals surface area (Å²) >= 11 is 0. The lowest BCUT2D eigenvalue weighted by Gasteiger charge is -1.98. The van der Waals surface area contributed by atoms with Crippen LogP contribution in [0.15, 0.2) is 35.4 Å². The molecule has 17 heavy (non-hydrogen) atoms. The predicted molar refractivity (Wildman–Crippen MR) is 55.4 cm³/mol. The SMILES string of the molecule is O=C(O)c1cnoc1-c1cnc2ccnn2c1. The van der Waals surface area contributed by atoms with Gasteiger partial charge in [0.2, 0.25) is 0 Å². The summed E-state index contributed by atoms with van der Waals surface area (Å²) in [5, 5.41) is 16.4. The molecule has 0 fully saturated rings. The van der Waals surface area contributed by atoms with Gasteiger partial charge in [-0.15, -0.1) is 0 Å². The number of aromatic nitrogens is 4. The quantitative estimate of drug-likeness (QED) is 0.708. The second kappa shape index (κ2) is 3.41. The van der Waals surface area contributed by atoms with E-state index in [1.807, 2.05) is 0 Å². The molecular formula is C10H6N4O3. The first-order valence-corrected chi connectivity index (χ1v) is 4.73. The van der Waals surface area contributed by atoms with Gasteiger partial charge in [-0.25, -0.2) is 14.3 Å². The van der Waals surface area contributed by atoms with Crippen molar-refractivity contribution in [3.8, 4) is 11.3 Å². The van der Waals surface area contributed by atoms with Crippen LogP contribution in [0, 0.1) is 0 Å². The van der Waals surface area contributed by atoms with Gasteiger partial charge < -0.3 is 9.63 Å². The minimum absolute atomic E-state index is 0.00157. The molecule has 0 aliphatic heterocycles. The molecule has 3 aromatic heterocycles. The number of aromatic carboxylic acids is 1. The van der Waals surface area contributed by atoms with Crippen LogP contribution in [0.5, 0.6) is 0 Å². The van der Waals surface area contributed by atoms with Crippen LogP contribution in [-0.2, 0) is 0 Å². The van der Waals surface area contributed by atoms with Crippen LogP contribution in [0.4, 0.5) is 0 Å². The van der Waals surface area contributed by atoms with Crippen molar-refractivity contribution in [1.82, 2.24) is 19.8 Å². The molecule has 0 aliphatic carbocycles. The average molecular weight is 230 g/mol. The summed E-state index contributed by atoms with van der Waals surface area (Å²) in [6.45, 7) is 0. The number of hydrogen-bond acceptors (Lipinski definition) is 5. The van der Waals surface area contributed by atoms with Crippen LogP contribution in [0.3, 0.4) is 0 Å². The van der Waals surface area contributed by atoms with Gasteiger partial charge in [0.1, 0.15) is 5.56 Å². The van der Waals surface area contributed by atoms with Crippen molar-refractivity contribution in [2.24, 2.45) is 0 Å². The Morgan fingerprint density at radius 1 is 1.41 bits per heavy atom. The number of carboxylic acid groups (broad SMARTS) is 1. The standard InChI is InChI=1S/C10H6N4O3/c15-10(16)7-4-13-17-9(7)6-3-11-8-1-2-12-14(8)5-6/h1-5H,(H,15,16). The van der Waals surface area contributed by atoms with Crippen LogP contribution in [-0.4, -0.2) is 30.8 Å². The molecule has 84 valence electrons. The maximum atomic E-state index is 10.9. The lowest BCUT2D eigenvalue weighted by Crippen LogP contribution is -1.97. The fourth-order valence-electron chi connectivity index (χ4n) is 1.53. The molecule has 0 saturated heterocycles. The molecule has 0 aromatic carbocycles. The highest BCUT2D eigenvalue weighted by Gasteiger charge is 2.17. The Bertz CT molecular complexity index is 700. The highest BCUT2D eigenvalue weighted by molar-refractivity contribution is 5.93.